The zero-order chi connectivity index (χ0) is 24.2. The maximum Gasteiger partial charge on any atom is 0.511 e. The Morgan fingerprint density at radius 1 is 1.43 bits per heavy atom. The molecule has 8 nitrogen and oxygen atoms in total. The van der Waals surface area contributed by atoms with Crippen LogP contribution < -0.4 is 26.2 Å². The van der Waals surface area contributed by atoms with Crippen molar-refractivity contribution in [1.82, 2.24) is 4.40 Å². The molecule has 1 aromatic carbocycles. The molecule has 0 radical (unpaired) electrons. The summed E-state index contributed by atoms with van der Waals surface area (Å²) in [4.78, 5) is 31.8. The van der Waals surface area contributed by atoms with E-state index in [0.717, 1.165) is 12.8 Å². The molecule has 35 heavy (non-hydrogen) atoms. The Morgan fingerprint density at radius 3 is 2.94 bits per heavy atom. The molecule has 1 aliphatic heterocycles. The van der Waals surface area contributed by atoms with Gasteiger partial charge in [0.1, 0.15) is 10.6 Å². The molecule has 0 amide bonds. The summed E-state index contributed by atoms with van der Waals surface area (Å²) >= 11 is 1.21. The van der Waals surface area contributed by atoms with Crippen LogP contribution >= 0.6 is 11.3 Å². The van der Waals surface area contributed by atoms with E-state index >= 15 is 4.39 Å². The zero-order valence-electron chi connectivity index (χ0n) is 19.0. The predicted octanol–water partition coefficient (Wildman–Crippen LogP) is 3.39. The third-order valence-electron chi connectivity index (χ3n) is 8.29. The number of benzene rings is 1. The number of anilines is 1. The number of carboxylic acid groups (broad SMARTS) is 1. The molecule has 8 rings (SSSR count). The van der Waals surface area contributed by atoms with Gasteiger partial charge in [-0.2, -0.15) is 0 Å². The van der Waals surface area contributed by atoms with Gasteiger partial charge in [0.2, 0.25) is 11.2 Å². The van der Waals surface area contributed by atoms with Crippen molar-refractivity contribution in [2.75, 3.05) is 24.5 Å². The van der Waals surface area contributed by atoms with E-state index in [1.165, 1.54) is 17.4 Å². The Bertz CT molecular complexity index is 1690. The van der Waals surface area contributed by atoms with Gasteiger partial charge in [0, 0.05) is 36.5 Å². The minimum atomic E-state index is -1.59. The summed E-state index contributed by atoms with van der Waals surface area (Å²) in [5.74, 6) is 0.216. The third kappa shape index (κ3) is 2.61. The SMILES string of the molecule is CCN=c1c2c(N3CC4C5C=CC(N)(CC5)C4C3)c(F)cc3c(=O)c(OC(=O)O)c4scc1n4c32. The van der Waals surface area contributed by atoms with Gasteiger partial charge in [-0.3, -0.25) is 14.2 Å². The largest absolute Gasteiger partial charge is 0.511 e. The Kier molecular flexibility index (Phi) is 4.16. The summed E-state index contributed by atoms with van der Waals surface area (Å²) in [6, 6.07) is 1.22. The Morgan fingerprint density at radius 2 is 2.26 bits per heavy atom. The summed E-state index contributed by atoms with van der Waals surface area (Å²) < 4.78 is 22.7. The number of fused-ring (bicyclic) bond motifs is 1. The first-order valence-corrected chi connectivity index (χ1v) is 12.7. The Labute approximate surface area is 202 Å². The first-order chi connectivity index (χ1) is 16.8. The molecule has 180 valence electrons. The van der Waals surface area contributed by atoms with Gasteiger partial charge in [-0.15, -0.1) is 11.3 Å². The number of halogens is 1. The highest BCUT2D eigenvalue weighted by atomic mass is 32.1. The lowest BCUT2D eigenvalue weighted by molar-refractivity contribution is 0.139. The number of thiazole rings is 1. The van der Waals surface area contributed by atoms with Crippen LogP contribution in [0.4, 0.5) is 14.9 Å². The van der Waals surface area contributed by atoms with Crippen LogP contribution in [-0.2, 0) is 0 Å². The van der Waals surface area contributed by atoms with Crippen LogP contribution in [0.5, 0.6) is 5.75 Å². The van der Waals surface area contributed by atoms with E-state index < -0.39 is 17.4 Å². The average molecular weight is 495 g/mol. The highest BCUT2D eigenvalue weighted by Gasteiger charge is 2.53. The molecule has 10 heteroatoms. The number of nitrogens with zero attached hydrogens (tertiary/aromatic N) is 3. The van der Waals surface area contributed by atoms with Crippen LogP contribution in [0.1, 0.15) is 19.8 Å². The average Bonchev–Trinajstić information content (AvgIpc) is 3.52. The van der Waals surface area contributed by atoms with Gasteiger partial charge >= 0.3 is 6.16 Å². The molecule has 1 saturated heterocycles. The van der Waals surface area contributed by atoms with Gasteiger partial charge < -0.3 is 20.5 Å². The number of allylic oxidation sites excluding steroid dienone is 1. The van der Waals surface area contributed by atoms with Crippen molar-refractivity contribution in [3.8, 4) is 5.75 Å². The molecule has 3 aliphatic carbocycles. The second-order valence-electron chi connectivity index (χ2n) is 9.94. The minimum absolute atomic E-state index is 0.0876. The minimum Gasteiger partial charge on any atom is -0.449 e. The lowest BCUT2D eigenvalue weighted by atomic mass is 9.60. The third-order valence-corrected chi connectivity index (χ3v) is 9.22. The molecule has 4 aliphatic rings. The Balaban J connectivity index is 1.52. The molecule has 4 atom stereocenters. The molecular weight excluding hydrogens is 471 g/mol. The molecule has 4 heterocycles. The van der Waals surface area contributed by atoms with Crippen molar-refractivity contribution >= 4 is 49.8 Å². The van der Waals surface area contributed by atoms with E-state index in [2.05, 4.69) is 17.1 Å². The smallest absolute Gasteiger partial charge is 0.449 e. The van der Waals surface area contributed by atoms with Gasteiger partial charge in [-0.25, -0.2) is 9.18 Å². The van der Waals surface area contributed by atoms with Crippen LogP contribution in [0, 0.1) is 23.6 Å². The number of hydrogen-bond donors (Lipinski definition) is 2. The number of hydrogen-bond acceptors (Lipinski definition) is 7. The van der Waals surface area contributed by atoms with Crippen molar-refractivity contribution < 1.29 is 19.0 Å². The zero-order valence-corrected chi connectivity index (χ0v) is 19.8. The highest BCUT2D eigenvalue weighted by Crippen LogP contribution is 2.51. The quantitative estimate of drug-likeness (QED) is 0.334. The van der Waals surface area contributed by atoms with E-state index in [-0.39, 0.29) is 22.6 Å². The van der Waals surface area contributed by atoms with Crippen LogP contribution in [0.3, 0.4) is 0 Å². The molecule has 4 aromatic rings. The van der Waals surface area contributed by atoms with E-state index in [4.69, 9.17) is 15.5 Å². The number of nitrogens with two attached hydrogens (primary N) is 1. The van der Waals surface area contributed by atoms with Crippen molar-refractivity contribution in [3.63, 3.8) is 0 Å². The van der Waals surface area contributed by atoms with Crippen molar-refractivity contribution in [2.45, 2.75) is 25.3 Å². The highest BCUT2D eigenvalue weighted by molar-refractivity contribution is 7.16. The second kappa shape index (κ2) is 6.92. The standard InChI is InChI=1S/C25H23FN4O4S/c1-2-28-18-16-10-35-23-22(34-24(32)33)21(31)12-7-15(26)20(17(18)19(12)30(16)23)29-8-13-11-3-5-25(27,6-4-11)14(13)9-29/h3,5,7,10-11,13-14H,2,4,6,8-9,27H2,1H3,(H,32,33). The van der Waals surface area contributed by atoms with E-state index in [1.54, 1.807) is 4.40 Å². The number of rotatable bonds is 3. The fourth-order valence-electron chi connectivity index (χ4n) is 6.86. The maximum atomic E-state index is 16.0. The predicted molar refractivity (Wildman–Crippen MR) is 132 cm³/mol. The van der Waals surface area contributed by atoms with Gasteiger partial charge in [0.15, 0.2) is 0 Å². The maximum absolute atomic E-state index is 16.0. The lowest BCUT2D eigenvalue weighted by Crippen LogP contribution is -2.55. The van der Waals surface area contributed by atoms with Gasteiger partial charge in [-0.05, 0) is 37.7 Å². The number of ether oxygens (including phenoxy) is 1. The second-order valence-corrected chi connectivity index (χ2v) is 10.8. The first-order valence-electron chi connectivity index (χ1n) is 11.8. The normalized spacial score (nSPS) is 28.3. The summed E-state index contributed by atoms with van der Waals surface area (Å²) in [7, 11) is 0. The molecule has 4 unspecified atom stereocenters. The first kappa shape index (κ1) is 21.1. The van der Waals surface area contributed by atoms with Gasteiger partial charge in [-0.1, -0.05) is 12.2 Å². The fourth-order valence-corrected chi connectivity index (χ4v) is 7.83. The molecule has 0 spiro atoms. The van der Waals surface area contributed by atoms with Gasteiger partial charge in [0.05, 0.1) is 32.9 Å². The molecule has 2 bridgehead atoms. The fraction of sp³-hybridized carbons (Fsp3) is 0.400. The van der Waals surface area contributed by atoms with E-state index in [0.29, 0.717) is 63.8 Å². The molecular formula is C25H23FN4O4S. The van der Waals surface area contributed by atoms with Gasteiger partial charge in [0.25, 0.3) is 0 Å². The molecule has 2 fully saturated rings. The lowest BCUT2D eigenvalue weighted by Gasteiger charge is -2.47. The summed E-state index contributed by atoms with van der Waals surface area (Å²) in [6.07, 6.45) is 4.79. The van der Waals surface area contributed by atoms with Crippen LogP contribution in [-0.4, -0.2) is 40.8 Å². The van der Waals surface area contributed by atoms with Crippen molar-refractivity contribution in [3.05, 3.63) is 45.0 Å². The summed E-state index contributed by atoms with van der Waals surface area (Å²) in [6.45, 7) is 3.72. The van der Waals surface area contributed by atoms with Crippen molar-refractivity contribution in [2.24, 2.45) is 28.5 Å². The van der Waals surface area contributed by atoms with E-state index in [9.17, 15) is 14.7 Å². The van der Waals surface area contributed by atoms with Crippen molar-refractivity contribution in [1.29, 1.82) is 0 Å². The molecule has 1 saturated carbocycles. The number of aromatic nitrogens is 1. The number of carbonyl (C=O) groups is 1. The monoisotopic (exact) mass is 494 g/mol. The van der Waals surface area contributed by atoms with Crippen LogP contribution in [0.25, 0.3) is 26.6 Å². The van der Waals surface area contributed by atoms with Crippen LogP contribution in [0.15, 0.2) is 33.4 Å². The Hall–Kier alpha value is -3.24. The number of pyridine rings is 1. The molecule has 3 N–H and O–H groups in total. The van der Waals surface area contributed by atoms with E-state index in [1.807, 2.05) is 12.3 Å². The van der Waals surface area contributed by atoms with Crippen LogP contribution in [0.2, 0.25) is 0 Å². The molecule has 3 aromatic heterocycles. The summed E-state index contributed by atoms with van der Waals surface area (Å²) in [5, 5.41) is 12.3. The summed E-state index contributed by atoms with van der Waals surface area (Å²) in [5.41, 5.74) is 7.49. The topological polar surface area (TPSA) is 110 Å².